The van der Waals surface area contributed by atoms with E-state index in [1.165, 1.54) is 38.0 Å². The molecule has 1 nitrogen and oxygen atoms in total. The van der Waals surface area contributed by atoms with Crippen molar-refractivity contribution in [1.29, 1.82) is 0 Å². The number of anilines is 2. The second-order valence-corrected chi connectivity index (χ2v) is 11.8. The molecule has 0 saturated carbocycles. The Labute approximate surface area is 279 Å². The largest absolute Gasteiger partial charge is 0.337 e. The SMILES string of the molecule is C=C(/C=C\C=C/C)/C(c1ccc(N(Cc2ccccc2)c2ccccc2C)cc1)=c1/cccc/c1=C\C1=CCC=c2ccccc2=C1. The maximum Gasteiger partial charge on any atom is 0.0481 e. The van der Waals surface area contributed by atoms with Crippen molar-refractivity contribution in [2.45, 2.75) is 26.8 Å². The molecule has 1 heteroatoms. The van der Waals surface area contributed by atoms with Crippen LogP contribution >= 0.6 is 0 Å². The second kappa shape index (κ2) is 15.1. The molecule has 230 valence electrons. The van der Waals surface area contributed by atoms with E-state index in [2.05, 4.69) is 182 Å². The number of para-hydroxylation sites is 1. The summed E-state index contributed by atoms with van der Waals surface area (Å²) in [5, 5.41) is 4.85. The Morgan fingerprint density at radius 2 is 1.43 bits per heavy atom. The summed E-state index contributed by atoms with van der Waals surface area (Å²) in [6, 6.07) is 45.5. The molecular weight excluding hydrogens is 567 g/mol. The van der Waals surface area contributed by atoms with E-state index in [4.69, 9.17) is 0 Å². The van der Waals surface area contributed by atoms with Crippen molar-refractivity contribution in [2.75, 3.05) is 4.90 Å². The number of allylic oxidation sites excluding steroid dienone is 7. The van der Waals surface area contributed by atoms with Crippen molar-refractivity contribution >= 4 is 35.2 Å². The Morgan fingerprint density at radius 1 is 0.723 bits per heavy atom. The lowest BCUT2D eigenvalue weighted by Gasteiger charge is -2.27. The van der Waals surface area contributed by atoms with Crippen molar-refractivity contribution in [2.24, 2.45) is 0 Å². The van der Waals surface area contributed by atoms with Crippen LogP contribution < -0.4 is 25.8 Å². The molecule has 47 heavy (non-hydrogen) atoms. The molecule has 0 radical (unpaired) electrons. The highest BCUT2D eigenvalue weighted by molar-refractivity contribution is 5.82. The zero-order valence-corrected chi connectivity index (χ0v) is 27.3. The van der Waals surface area contributed by atoms with Crippen LogP contribution in [0.15, 0.2) is 175 Å². The first-order chi connectivity index (χ1) is 23.1. The average Bonchev–Trinajstić information content (AvgIpc) is 3.31. The molecule has 0 spiro atoms. The van der Waals surface area contributed by atoms with E-state index < -0.39 is 0 Å². The maximum absolute atomic E-state index is 4.58. The molecule has 0 heterocycles. The van der Waals surface area contributed by atoms with E-state index in [0.717, 1.165) is 40.6 Å². The molecule has 5 aromatic rings. The number of hydrogen-bond donors (Lipinski definition) is 0. The molecule has 0 unspecified atom stereocenters. The lowest BCUT2D eigenvalue weighted by atomic mass is 9.94. The van der Waals surface area contributed by atoms with Crippen LogP contribution in [0, 0.1) is 6.92 Å². The third-order valence-corrected chi connectivity index (χ3v) is 8.54. The van der Waals surface area contributed by atoms with E-state index in [9.17, 15) is 0 Å². The van der Waals surface area contributed by atoms with Crippen LogP contribution in [0.5, 0.6) is 0 Å². The van der Waals surface area contributed by atoms with Gasteiger partial charge in [0.05, 0.1) is 0 Å². The summed E-state index contributed by atoms with van der Waals surface area (Å²) >= 11 is 0. The number of rotatable bonds is 9. The molecule has 0 N–H and O–H groups in total. The summed E-state index contributed by atoms with van der Waals surface area (Å²) in [6.45, 7) is 9.57. The lowest BCUT2D eigenvalue weighted by Crippen LogP contribution is -2.28. The smallest absolute Gasteiger partial charge is 0.0481 e. The molecule has 1 aliphatic rings. The standard InChI is InChI=1S/C46H41N/c1-4-5-7-18-36(3)46(44-26-14-13-24-42(44)33-38-21-16-25-39-22-11-12-23-41(39)32-38)40-28-30-43(31-29-40)47(34-37-19-8-6-9-20-37)45-27-15-10-17-35(45)2/h4-15,17-33H,3,16,34H2,1-2H3/b5-4-,18-7-,42-33+,46-44+. The Bertz CT molecular complexity index is 2210. The minimum Gasteiger partial charge on any atom is -0.337 e. The van der Waals surface area contributed by atoms with Crippen LogP contribution in [0.4, 0.5) is 11.4 Å². The average molecular weight is 608 g/mol. The van der Waals surface area contributed by atoms with Crippen molar-refractivity contribution in [1.82, 2.24) is 0 Å². The van der Waals surface area contributed by atoms with Crippen molar-refractivity contribution in [3.05, 3.63) is 213 Å². The lowest BCUT2D eigenvalue weighted by molar-refractivity contribution is 0.968. The van der Waals surface area contributed by atoms with Gasteiger partial charge >= 0.3 is 0 Å². The van der Waals surface area contributed by atoms with Gasteiger partial charge in [0, 0.05) is 17.9 Å². The Balaban J connectivity index is 1.49. The summed E-state index contributed by atoms with van der Waals surface area (Å²) in [7, 11) is 0. The zero-order chi connectivity index (χ0) is 32.4. The van der Waals surface area contributed by atoms with E-state index in [0.29, 0.717) is 0 Å². The minimum atomic E-state index is 0.782. The van der Waals surface area contributed by atoms with Gasteiger partial charge in [-0.25, -0.2) is 0 Å². The van der Waals surface area contributed by atoms with Crippen LogP contribution in [0.25, 0.3) is 23.8 Å². The summed E-state index contributed by atoms with van der Waals surface area (Å²) < 4.78 is 0. The molecule has 0 atom stereocenters. The third-order valence-electron chi connectivity index (χ3n) is 8.54. The predicted octanol–water partition coefficient (Wildman–Crippen LogP) is 8.59. The maximum atomic E-state index is 4.58. The van der Waals surface area contributed by atoms with Crippen LogP contribution in [0.3, 0.4) is 0 Å². The number of fused-ring (bicyclic) bond motifs is 1. The molecule has 1 aliphatic carbocycles. The number of hydrogen-bond acceptors (Lipinski definition) is 1. The van der Waals surface area contributed by atoms with Crippen LogP contribution in [0.1, 0.15) is 30.0 Å². The molecular formula is C46H41N. The Hall–Kier alpha value is -5.66. The van der Waals surface area contributed by atoms with Gasteiger partial charge in [0.1, 0.15) is 0 Å². The highest BCUT2D eigenvalue weighted by Crippen LogP contribution is 2.32. The fraction of sp³-hybridized carbons (Fsp3) is 0.0870. The van der Waals surface area contributed by atoms with Gasteiger partial charge in [0.25, 0.3) is 0 Å². The van der Waals surface area contributed by atoms with Gasteiger partial charge in [0.15, 0.2) is 0 Å². The molecule has 0 amide bonds. The summed E-state index contributed by atoms with van der Waals surface area (Å²) in [5.74, 6) is 0. The molecule has 0 saturated heterocycles. The quantitative estimate of drug-likeness (QED) is 0.152. The van der Waals surface area contributed by atoms with Crippen molar-refractivity contribution in [3.8, 4) is 0 Å². The molecule has 0 bridgehead atoms. The van der Waals surface area contributed by atoms with E-state index in [1.54, 1.807) is 0 Å². The Kier molecular flexibility index (Phi) is 10.1. The van der Waals surface area contributed by atoms with Gasteiger partial charge < -0.3 is 4.90 Å². The topological polar surface area (TPSA) is 3.24 Å². The number of aryl methyl sites for hydroxylation is 1. The van der Waals surface area contributed by atoms with Gasteiger partial charge in [0.2, 0.25) is 0 Å². The fourth-order valence-electron chi connectivity index (χ4n) is 6.16. The van der Waals surface area contributed by atoms with E-state index in [1.807, 2.05) is 19.1 Å². The van der Waals surface area contributed by atoms with Crippen molar-refractivity contribution in [3.63, 3.8) is 0 Å². The first-order valence-corrected chi connectivity index (χ1v) is 16.3. The number of benzene rings is 5. The summed E-state index contributed by atoms with van der Waals surface area (Å²) in [4.78, 5) is 2.40. The highest BCUT2D eigenvalue weighted by Gasteiger charge is 2.14. The predicted molar refractivity (Wildman–Crippen MR) is 203 cm³/mol. The minimum absolute atomic E-state index is 0.782. The van der Waals surface area contributed by atoms with Gasteiger partial charge in [-0.2, -0.15) is 0 Å². The van der Waals surface area contributed by atoms with Gasteiger partial charge in [-0.3, -0.25) is 0 Å². The van der Waals surface area contributed by atoms with Crippen LogP contribution in [-0.4, -0.2) is 0 Å². The van der Waals surface area contributed by atoms with Gasteiger partial charge in [-0.15, -0.1) is 0 Å². The normalized spacial score (nSPS) is 13.7. The van der Waals surface area contributed by atoms with Gasteiger partial charge in [-0.05, 0) is 105 Å². The fourth-order valence-corrected chi connectivity index (χ4v) is 6.16. The van der Waals surface area contributed by atoms with Gasteiger partial charge in [-0.1, -0.05) is 152 Å². The molecule has 6 rings (SSSR count). The first kappa shape index (κ1) is 31.3. The zero-order valence-electron chi connectivity index (χ0n) is 27.3. The third kappa shape index (κ3) is 7.60. The Morgan fingerprint density at radius 3 is 2.21 bits per heavy atom. The van der Waals surface area contributed by atoms with E-state index >= 15 is 0 Å². The second-order valence-electron chi connectivity index (χ2n) is 11.8. The number of nitrogens with zero attached hydrogens (tertiary/aromatic N) is 1. The molecule has 0 fully saturated rings. The first-order valence-electron chi connectivity index (χ1n) is 16.3. The van der Waals surface area contributed by atoms with Crippen LogP contribution in [-0.2, 0) is 6.54 Å². The molecule has 0 aliphatic heterocycles. The van der Waals surface area contributed by atoms with E-state index in [-0.39, 0.29) is 0 Å². The van der Waals surface area contributed by atoms with Crippen LogP contribution in [0.2, 0.25) is 0 Å². The highest BCUT2D eigenvalue weighted by atomic mass is 15.1. The molecule has 0 aromatic heterocycles. The van der Waals surface area contributed by atoms with Crippen molar-refractivity contribution < 1.29 is 0 Å². The molecule has 5 aromatic carbocycles. The summed E-state index contributed by atoms with van der Waals surface area (Å²) in [5.41, 5.74) is 9.29. The summed E-state index contributed by atoms with van der Waals surface area (Å²) in [6.07, 6.45) is 18.4. The monoisotopic (exact) mass is 607 g/mol.